The maximum absolute atomic E-state index is 10.6. The Morgan fingerprint density at radius 2 is 2.25 bits per heavy atom. The van der Waals surface area contributed by atoms with Gasteiger partial charge >= 0.3 is 5.97 Å². The number of hydrogen-bond donors (Lipinski definition) is 1. The van der Waals surface area contributed by atoms with Crippen molar-refractivity contribution in [2.75, 3.05) is 0 Å². The average Bonchev–Trinajstić information content (AvgIpc) is 2.04. The molecule has 0 aliphatic carbocycles. The van der Waals surface area contributed by atoms with Gasteiger partial charge in [-0.05, 0) is 30.2 Å². The van der Waals surface area contributed by atoms with Crippen molar-refractivity contribution in [2.45, 2.75) is 11.4 Å². The molecule has 0 bridgehead atoms. The van der Waals surface area contributed by atoms with Crippen molar-refractivity contribution in [3.63, 3.8) is 0 Å². The van der Waals surface area contributed by atoms with Crippen molar-refractivity contribution in [3.05, 3.63) is 34.9 Å². The number of hydrogen-bond acceptors (Lipinski definition) is 1. The quantitative estimate of drug-likeness (QED) is 0.666. The largest absolute Gasteiger partial charge is 0.478 e. The first kappa shape index (κ1) is 9.51. The summed E-state index contributed by atoms with van der Waals surface area (Å²) < 4.78 is 0.920. The van der Waals surface area contributed by atoms with E-state index < -0.39 is 5.97 Å². The van der Waals surface area contributed by atoms with Crippen LogP contribution < -0.4 is 0 Å². The molecule has 64 valence electrons. The Balaban J connectivity index is 3.10. The lowest BCUT2D eigenvalue weighted by molar-refractivity contribution is 0.0697. The Morgan fingerprint density at radius 3 is 2.67 bits per heavy atom. The van der Waals surface area contributed by atoms with Gasteiger partial charge in [0, 0.05) is 4.43 Å². The number of alkyl halides is 1. The molecule has 0 amide bonds. The molecule has 0 radical (unpaired) electrons. The zero-order valence-corrected chi connectivity index (χ0v) is 8.83. The number of aryl methyl sites for hydroxylation is 1. The molecule has 2 nitrogen and oxygen atoms in total. The third-order valence-electron chi connectivity index (χ3n) is 1.73. The minimum absolute atomic E-state index is 0.362. The molecule has 0 unspecified atom stereocenters. The molecular formula is C9H9IO2. The molecule has 0 aromatic heterocycles. The van der Waals surface area contributed by atoms with Gasteiger partial charge in [0.2, 0.25) is 0 Å². The summed E-state index contributed by atoms with van der Waals surface area (Å²) in [6.45, 7) is 1.93. The van der Waals surface area contributed by atoms with Crippen molar-refractivity contribution in [2.24, 2.45) is 0 Å². The maximum atomic E-state index is 10.6. The fourth-order valence-corrected chi connectivity index (χ4v) is 1.83. The second-order valence-electron chi connectivity index (χ2n) is 2.58. The van der Waals surface area contributed by atoms with E-state index in [-0.39, 0.29) is 0 Å². The molecule has 12 heavy (non-hydrogen) atoms. The predicted molar refractivity (Wildman–Crippen MR) is 55.9 cm³/mol. The van der Waals surface area contributed by atoms with Crippen LogP contribution in [0.5, 0.6) is 0 Å². The zero-order chi connectivity index (χ0) is 9.14. The van der Waals surface area contributed by atoms with Crippen LogP contribution in [0.1, 0.15) is 21.5 Å². The fourth-order valence-electron chi connectivity index (χ4n) is 0.979. The number of aromatic carboxylic acids is 1. The molecule has 0 aliphatic heterocycles. The summed E-state index contributed by atoms with van der Waals surface area (Å²) in [7, 11) is 0. The van der Waals surface area contributed by atoms with Crippen molar-refractivity contribution in [3.8, 4) is 0 Å². The minimum Gasteiger partial charge on any atom is -0.478 e. The zero-order valence-electron chi connectivity index (χ0n) is 6.67. The molecule has 0 atom stereocenters. The van der Waals surface area contributed by atoms with Gasteiger partial charge in [0.05, 0.1) is 5.56 Å². The number of carbonyl (C=O) groups is 1. The minimum atomic E-state index is -0.863. The first-order valence-electron chi connectivity index (χ1n) is 3.54. The van der Waals surface area contributed by atoms with Crippen molar-refractivity contribution in [1.82, 2.24) is 0 Å². The van der Waals surface area contributed by atoms with E-state index >= 15 is 0 Å². The Morgan fingerprint density at radius 1 is 1.58 bits per heavy atom. The van der Waals surface area contributed by atoms with E-state index in [1.165, 1.54) is 5.56 Å². The number of rotatable bonds is 2. The highest BCUT2D eigenvalue weighted by Crippen LogP contribution is 2.14. The predicted octanol–water partition coefficient (Wildman–Crippen LogP) is 2.63. The van der Waals surface area contributed by atoms with Crippen molar-refractivity contribution < 1.29 is 9.90 Å². The SMILES string of the molecule is Cc1cc(C(=O)O)ccc1CI. The summed E-state index contributed by atoms with van der Waals surface area (Å²) >= 11 is 2.26. The summed E-state index contributed by atoms with van der Waals surface area (Å²) in [6, 6.07) is 5.21. The summed E-state index contributed by atoms with van der Waals surface area (Å²) in [5, 5.41) is 8.67. The van der Waals surface area contributed by atoms with Crippen molar-refractivity contribution in [1.29, 1.82) is 0 Å². The van der Waals surface area contributed by atoms with Gasteiger partial charge in [0.15, 0.2) is 0 Å². The first-order chi connectivity index (χ1) is 5.65. The van der Waals surface area contributed by atoms with Crippen LogP contribution in [0, 0.1) is 6.92 Å². The monoisotopic (exact) mass is 276 g/mol. The number of halogens is 1. The number of carboxylic acids is 1. The van der Waals surface area contributed by atoms with Crippen LogP contribution in [0.2, 0.25) is 0 Å². The van der Waals surface area contributed by atoms with Crippen LogP contribution in [-0.2, 0) is 4.43 Å². The molecule has 0 aliphatic rings. The lowest BCUT2D eigenvalue weighted by Crippen LogP contribution is -1.97. The molecule has 3 heteroatoms. The molecule has 0 fully saturated rings. The molecule has 0 spiro atoms. The van der Waals surface area contributed by atoms with Crippen LogP contribution in [-0.4, -0.2) is 11.1 Å². The van der Waals surface area contributed by atoms with E-state index in [1.54, 1.807) is 12.1 Å². The summed E-state index contributed by atoms with van der Waals surface area (Å²) in [4.78, 5) is 10.6. The topological polar surface area (TPSA) is 37.3 Å². The van der Waals surface area contributed by atoms with E-state index in [4.69, 9.17) is 5.11 Å². The van der Waals surface area contributed by atoms with E-state index in [2.05, 4.69) is 22.6 Å². The first-order valence-corrected chi connectivity index (χ1v) is 5.06. The number of carboxylic acid groups (broad SMARTS) is 1. The third-order valence-corrected chi connectivity index (χ3v) is 2.56. The van der Waals surface area contributed by atoms with Gasteiger partial charge < -0.3 is 5.11 Å². The summed E-state index contributed by atoms with van der Waals surface area (Å²) in [5.41, 5.74) is 2.60. The molecule has 0 saturated carbocycles. The standard InChI is InChI=1S/C9H9IO2/c1-6-4-7(9(11)12)2-3-8(6)5-10/h2-4H,5H2,1H3,(H,11,12). The van der Waals surface area contributed by atoms with Gasteiger partial charge in [-0.3, -0.25) is 0 Å². The third kappa shape index (κ3) is 1.97. The normalized spacial score (nSPS) is 9.83. The van der Waals surface area contributed by atoms with Crippen LogP contribution in [0.25, 0.3) is 0 Å². The second kappa shape index (κ2) is 3.89. The van der Waals surface area contributed by atoms with Crippen LogP contribution in [0.4, 0.5) is 0 Å². The Labute approximate surface area is 84.7 Å². The van der Waals surface area contributed by atoms with Gasteiger partial charge in [0.1, 0.15) is 0 Å². The Kier molecular flexibility index (Phi) is 3.08. The molecular weight excluding hydrogens is 267 g/mol. The lowest BCUT2D eigenvalue weighted by atomic mass is 10.1. The molecule has 1 aromatic carbocycles. The van der Waals surface area contributed by atoms with Crippen molar-refractivity contribution >= 4 is 28.6 Å². The summed E-state index contributed by atoms with van der Waals surface area (Å²) in [6.07, 6.45) is 0. The highest BCUT2D eigenvalue weighted by atomic mass is 127. The van der Waals surface area contributed by atoms with Crippen LogP contribution in [0.15, 0.2) is 18.2 Å². The smallest absolute Gasteiger partial charge is 0.335 e. The molecule has 1 rings (SSSR count). The van der Waals surface area contributed by atoms with E-state index in [0.717, 1.165) is 9.99 Å². The van der Waals surface area contributed by atoms with Gasteiger partial charge in [-0.1, -0.05) is 28.7 Å². The van der Waals surface area contributed by atoms with Crippen LogP contribution >= 0.6 is 22.6 Å². The molecule has 0 saturated heterocycles. The van der Waals surface area contributed by atoms with Gasteiger partial charge in [-0.25, -0.2) is 4.79 Å². The van der Waals surface area contributed by atoms with E-state index in [0.29, 0.717) is 5.56 Å². The lowest BCUT2D eigenvalue weighted by Gasteiger charge is -2.02. The molecule has 1 aromatic rings. The Hall–Kier alpha value is -0.580. The maximum Gasteiger partial charge on any atom is 0.335 e. The number of benzene rings is 1. The second-order valence-corrected chi connectivity index (χ2v) is 3.34. The highest BCUT2D eigenvalue weighted by molar-refractivity contribution is 14.1. The van der Waals surface area contributed by atoms with Gasteiger partial charge in [-0.2, -0.15) is 0 Å². The van der Waals surface area contributed by atoms with E-state index in [1.807, 2.05) is 13.0 Å². The van der Waals surface area contributed by atoms with Gasteiger partial charge in [0.25, 0.3) is 0 Å². The highest BCUT2D eigenvalue weighted by Gasteiger charge is 2.03. The van der Waals surface area contributed by atoms with E-state index in [9.17, 15) is 4.79 Å². The van der Waals surface area contributed by atoms with Crippen LogP contribution in [0.3, 0.4) is 0 Å². The Bertz CT molecular complexity index is 307. The summed E-state index contributed by atoms with van der Waals surface area (Å²) in [5.74, 6) is -0.863. The molecule has 1 N–H and O–H groups in total. The fraction of sp³-hybridized carbons (Fsp3) is 0.222. The average molecular weight is 276 g/mol. The van der Waals surface area contributed by atoms with Gasteiger partial charge in [-0.15, -0.1) is 0 Å². The molecule has 0 heterocycles.